The molecule has 23 heavy (non-hydrogen) atoms. The number of nitrogens with zero attached hydrogens (tertiary/aromatic N) is 3. The molecule has 0 fully saturated rings. The van der Waals surface area contributed by atoms with Crippen molar-refractivity contribution < 1.29 is 4.79 Å². The number of hydrogen-bond acceptors (Lipinski definition) is 3. The SMILES string of the molecule is CN(C)/C=C/C(=O)c1ccc2c(c1)ncn2-c1cccc(Br)c1. The Morgan fingerprint density at radius 1 is 1.22 bits per heavy atom. The van der Waals surface area contributed by atoms with E-state index in [1.807, 2.05) is 66.0 Å². The summed E-state index contributed by atoms with van der Waals surface area (Å²) >= 11 is 3.48. The lowest BCUT2D eigenvalue weighted by atomic mass is 10.1. The second-order valence-electron chi connectivity index (χ2n) is 5.44. The van der Waals surface area contributed by atoms with Crippen molar-refractivity contribution in [3.8, 4) is 5.69 Å². The first kappa shape index (κ1) is 15.5. The Balaban J connectivity index is 1.99. The Hall–Kier alpha value is -2.40. The molecule has 0 saturated heterocycles. The largest absolute Gasteiger partial charge is 0.383 e. The van der Waals surface area contributed by atoms with Gasteiger partial charge in [-0.05, 0) is 36.4 Å². The van der Waals surface area contributed by atoms with E-state index in [0.717, 1.165) is 21.2 Å². The summed E-state index contributed by atoms with van der Waals surface area (Å²) in [5, 5.41) is 0. The summed E-state index contributed by atoms with van der Waals surface area (Å²) in [7, 11) is 3.76. The summed E-state index contributed by atoms with van der Waals surface area (Å²) in [6, 6.07) is 13.6. The van der Waals surface area contributed by atoms with Crippen LogP contribution in [0.4, 0.5) is 0 Å². The third kappa shape index (κ3) is 3.35. The molecule has 0 aliphatic heterocycles. The Kier molecular flexibility index (Phi) is 4.30. The number of imidazole rings is 1. The fourth-order valence-electron chi connectivity index (χ4n) is 2.31. The second kappa shape index (κ2) is 6.38. The van der Waals surface area contributed by atoms with Crippen LogP contribution in [0.5, 0.6) is 0 Å². The summed E-state index contributed by atoms with van der Waals surface area (Å²) in [6.07, 6.45) is 5.08. The van der Waals surface area contributed by atoms with E-state index >= 15 is 0 Å². The molecule has 4 nitrogen and oxygen atoms in total. The van der Waals surface area contributed by atoms with Crippen molar-refractivity contribution in [1.29, 1.82) is 0 Å². The number of allylic oxidation sites excluding steroid dienone is 1. The minimum atomic E-state index is -0.0300. The molecule has 1 aromatic heterocycles. The van der Waals surface area contributed by atoms with Gasteiger partial charge in [-0.25, -0.2) is 4.98 Å². The number of rotatable bonds is 4. The first-order valence-corrected chi connectivity index (χ1v) is 7.96. The third-order valence-electron chi connectivity index (χ3n) is 3.44. The Bertz CT molecular complexity index is 896. The predicted octanol–water partition coefficient (Wildman–Crippen LogP) is 4.05. The Morgan fingerprint density at radius 3 is 2.78 bits per heavy atom. The van der Waals surface area contributed by atoms with E-state index in [-0.39, 0.29) is 5.78 Å². The first-order chi connectivity index (χ1) is 11.0. The summed E-state index contributed by atoms with van der Waals surface area (Å²) in [5.74, 6) is -0.0300. The summed E-state index contributed by atoms with van der Waals surface area (Å²) in [5.41, 5.74) is 3.42. The molecule has 1 heterocycles. The van der Waals surface area contributed by atoms with E-state index < -0.39 is 0 Å². The number of hydrogen-bond donors (Lipinski definition) is 0. The lowest BCUT2D eigenvalue weighted by molar-refractivity contribution is 0.104. The fraction of sp³-hybridized carbons (Fsp3) is 0.111. The van der Waals surface area contributed by atoms with Crippen LogP contribution in [-0.2, 0) is 0 Å². The van der Waals surface area contributed by atoms with E-state index in [2.05, 4.69) is 20.9 Å². The third-order valence-corrected chi connectivity index (χ3v) is 3.94. The van der Waals surface area contributed by atoms with Crippen LogP contribution >= 0.6 is 15.9 Å². The summed E-state index contributed by atoms with van der Waals surface area (Å²) < 4.78 is 3.02. The number of carbonyl (C=O) groups is 1. The van der Waals surface area contributed by atoms with Crippen LogP contribution in [0.25, 0.3) is 16.7 Å². The van der Waals surface area contributed by atoms with E-state index in [0.29, 0.717) is 5.56 Å². The van der Waals surface area contributed by atoms with Gasteiger partial charge >= 0.3 is 0 Å². The van der Waals surface area contributed by atoms with Gasteiger partial charge < -0.3 is 4.90 Å². The average Bonchev–Trinajstić information content (AvgIpc) is 2.95. The molecule has 116 valence electrons. The molecule has 0 saturated carbocycles. The number of benzene rings is 2. The smallest absolute Gasteiger partial charge is 0.187 e. The van der Waals surface area contributed by atoms with Gasteiger partial charge in [0.15, 0.2) is 5.78 Å². The minimum Gasteiger partial charge on any atom is -0.383 e. The van der Waals surface area contributed by atoms with Gasteiger partial charge in [0, 0.05) is 42.1 Å². The Morgan fingerprint density at radius 2 is 2.04 bits per heavy atom. The number of fused-ring (bicyclic) bond motifs is 1. The van der Waals surface area contributed by atoms with Crippen molar-refractivity contribution in [3.63, 3.8) is 0 Å². The molecule has 5 heteroatoms. The van der Waals surface area contributed by atoms with Gasteiger partial charge in [-0.3, -0.25) is 9.36 Å². The fourth-order valence-corrected chi connectivity index (χ4v) is 2.70. The average molecular weight is 370 g/mol. The second-order valence-corrected chi connectivity index (χ2v) is 6.36. The minimum absolute atomic E-state index is 0.0300. The molecular formula is C18H16BrN3O. The van der Waals surface area contributed by atoms with Crippen LogP contribution in [0.15, 0.2) is 65.5 Å². The van der Waals surface area contributed by atoms with Crippen molar-refractivity contribution in [3.05, 3.63) is 71.1 Å². The van der Waals surface area contributed by atoms with Gasteiger partial charge in [0.2, 0.25) is 0 Å². The van der Waals surface area contributed by atoms with E-state index in [4.69, 9.17) is 0 Å². The quantitative estimate of drug-likeness (QED) is 0.514. The maximum Gasteiger partial charge on any atom is 0.187 e. The summed E-state index contributed by atoms with van der Waals surface area (Å²) in [4.78, 5) is 18.4. The molecule has 0 N–H and O–H groups in total. The highest BCUT2D eigenvalue weighted by atomic mass is 79.9. The number of halogens is 1. The standard InChI is InChI=1S/C18H16BrN3O/c1-21(2)9-8-18(23)13-6-7-17-16(10-13)20-12-22(17)15-5-3-4-14(19)11-15/h3-12H,1-2H3/b9-8+. The highest BCUT2D eigenvalue weighted by Gasteiger charge is 2.08. The molecule has 0 aliphatic carbocycles. The zero-order valence-electron chi connectivity index (χ0n) is 12.9. The zero-order valence-corrected chi connectivity index (χ0v) is 14.5. The van der Waals surface area contributed by atoms with Gasteiger partial charge in [-0.15, -0.1) is 0 Å². The normalized spacial score (nSPS) is 11.3. The molecule has 0 atom stereocenters. The van der Waals surface area contributed by atoms with E-state index in [1.165, 1.54) is 0 Å². The van der Waals surface area contributed by atoms with Gasteiger partial charge in [-0.1, -0.05) is 22.0 Å². The maximum absolute atomic E-state index is 12.2. The summed E-state index contributed by atoms with van der Waals surface area (Å²) in [6.45, 7) is 0. The highest BCUT2D eigenvalue weighted by Crippen LogP contribution is 2.22. The van der Waals surface area contributed by atoms with Crippen molar-refractivity contribution in [2.45, 2.75) is 0 Å². The molecule has 0 spiro atoms. The molecule has 0 unspecified atom stereocenters. The van der Waals surface area contributed by atoms with Gasteiger partial charge in [0.25, 0.3) is 0 Å². The molecular weight excluding hydrogens is 354 g/mol. The molecule has 0 amide bonds. The van der Waals surface area contributed by atoms with Gasteiger partial charge in [0.05, 0.1) is 11.0 Å². The number of ketones is 1. The van der Waals surface area contributed by atoms with Crippen LogP contribution in [0.1, 0.15) is 10.4 Å². The van der Waals surface area contributed by atoms with Crippen LogP contribution in [0.3, 0.4) is 0 Å². The highest BCUT2D eigenvalue weighted by molar-refractivity contribution is 9.10. The van der Waals surface area contributed by atoms with Gasteiger partial charge in [-0.2, -0.15) is 0 Å². The van der Waals surface area contributed by atoms with Crippen LogP contribution < -0.4 is 0 Å². The lowest BCUT2D eigenvalue weighted by Crippen LogP contribution is -2.03. The van der Waals surface area contributed by atoms with Crippen molar-refractivity contribution in [2.75, 3.05) is 14.1 Å². The molecule has 0 bridgehead atoms. The first-order valence-electron chi connectivity index (χ1n) is 7.16. The Labute approximate surface area is 143 Å². The molecule has 0 aliphatic rings. The van der Waals surface area contributed by atoms with E-state index in [9.17, 15) is 4.79 Å². The topological polar surface area (TPSA) is 38.1 Å². The lowest BCUT2D eigenvalue weighted by Gasteiger charge is -2.05. The van der Waals surface area contributed by atoms with Crippen LogP contribution in [-0.4, -0.2) is 34.3 Å². The predicted molar refractivity (Wildman–Crippen MR) is 95.9 cm³/mol. The molecule has 3 aromatic rings. The molecule has 0 radical (unpaired) electrons. The van der Waals surface area contributed by atoms with E-state index in [1.54, 1.807) is 18.6 Å². The van der Waals surface area contributed by atoms with Crippen molar-refractivity contribution in [1.82, 2.24) is 14.5 Å². The van der Waals surface area contributed by atoms with Crippen LogP contribution in [0.2, 0.25) is 0 Å². The maximum atomic E-state index is 12.2. The van der Waals surface area contributed by atoms with Crippen molar-refractivity contribution >= 4 is 32.7 Å². The zero-order chi connectivity index (χ0) is 16.4. The molecule has 2 aromatic carbocycles. The van der Waals surface area contributed by atoms with Gasteiger partial charge in [0.1, 0.15) is 6.33 Å². The van der Waals surface area contributed by atoms with Crippen molar-refractivity contribution in [2.24, 2.45) is 0 Å². The number of carbonyl (C=O) groups excluding carboxylic acids is 1. The number of aromatic nitrogens is 2. The molecule has 3 rings (SSSR count). The monoisotopic (exact) mass is 369 g/mol. The van der Waals surface area contributed by atoms with Crippen LogP contribution in [0, 0.1) is 0 Å².